The van der Waals surface area contributed by atoms with Crippen LogP contribution in [0.15, 0.2) is 46.9 Å². The highest BCUT2D eigenvalue weighted by atomic mass is 79.9. The molecule has 0 aliphatic rings. The Bertz CT molecular complexity index is 594. The van der Waals surface area contributed by atoms with Crippen molar-refractivity contribution in [2.24, 2.45) is 5.73 Å². The lowest BCUT2D eigenvalue weighted by Crippen LogP contribution is -2.13. The van der Waals surface area contributed by atoms with Crippen LogP contribution in [0.3, 0.4) is 0 Å². The van der Waals surface area contributed by atoms with Gasteiger partial charge in [0.2, 0.25) is 5.91 Å². The topological polar surface area (TPSA) is 52.3 Å². The molecule has 2 N–H and O–H groups in total. The van der Waals surface area contributed by atoms with Crippen LogP contribution < -0.4 is 10.5 Å². The van der Waals surface area contributed by atoms with Gasteiger partial charge in [0.1, 0.15) is 5.75 Å². The molecule has 0 aliphatic carbocycles. The van der Waals surface area contributed by atoms with E-state index in [0.29, 0.717) is 12.0 Å². The third-order valence-corrected chi connectivity index (χ3v) is 3.38. The normalized spacial score (nSPS) is 10.2. The molecule has 0 aromatic heterocycles. The highest BCUT2D eigenvalue weighted by Crippen LogP contribution is 2.21. The van der Waals surface area contributed by atoms with Gasteiger partial charge in [-0.3, -0.25) is 4.79 Å². The van der Waals surface area contributed by atoms with Crippen LogP contribution in [-0.2, 0) is 6.42 Å². The van der Waals surface area contributed by atoms with Gasteiger partial charge in [-0.2, -0.15) is 0 Å². The van der Waals surface area contributed by atoms with Crippen molar-refractivity contribution < 1.29 is 9.53 Å². The average molecular weight is 320 g/mol. The van der Waals surface area contributed by atoms with Gasteiger partial charge < -0.3 is 10.5 Å². The largest absolute Gasteiger partial charge is 0.497 e. The van der Waals surface area contributed by atoms with Gasteiger partial charge in [-0.1, -0.05) is 28.1 Å². The molecule has 0 aliphatic heterocycles. The van der Waals surface area contributed by atoms with Gasteiger partial charge in [0.05, 0.1) is 7.11 Å². The van der Waals surface area contributed by atoms with Crippen molar-refractivity contribution >= 4 is 21.8 Å². The molecule has 2 aromatic carbocycles. The Labute approximate surface area is 120 Å². The van der Waals surface area contributed by atoms with E-state index in [-0.39, 0.29) is 0 Å². The van der Waals surface area contributed by atoms with Crippen molar-refractivity contribution in [3.05, 3.63) is 63.6 Å². The molecule has 4 heteroatoms. The molecule has 0 bridgehead atoms. The minimum Gasteiger partial charge on any atom is -0.497 e. The van der Waals surface area contributed by atoms with Crippen molar-refractivity contribution in [2.45, 2.75) is 6.42 Å². The van der Waals surface area contributed by atoms with E-state index in [1.54, 1.807) is 13.2 Å². The molecule has 2 rings (SSSR count). The molecule has 3 nitrogen and oxygen atoms in total. The van der Waals surface area contributed by atoms with Crippen LogP contribution >= 0.6 is 15.9 Å². The molecule has 0 spiro atoms. The van der Waals surface area contributed by atoms with Gasteiger partial charge in [-0.25, -0.2) is 0 Å². The van der Waals surface area contributed by atoms with E-state index in [9.17, 15) is 4.79 Å². The predicted octanol–water partition coefficient (Wildman–Crippen LogP) is 3.15. The molecular formula is C15H14BrNO2. The minimum atomic E-state index is -0.406. The number of primary amides is 1. The summed E-state index contributed by atoms with van der Waals surface area (Å²) in [4.78, 5) is 11.4. The van der Waals surface area contributed by atoms with Crippen LogP contribution in [0.4, 0.5) is 0 Å². The van der Waals surface area contributed by atoms with Gasteiger partial charge in [0, 0.05) is 10.0 Å². The number of benzene rings is 2. The van der Waals surface area contributed by atoms with Crippen LogP contribution in [0, 0.1) is 0 Å². The quantitative estimate of drug-likeness (QED) is 0.941. The zero-order valence-electron chi connectivity index (χ0n) is 10.5. The van der Waals surface area contributed by atoms with Crippen LogP contribution in [-0.4, -0.2) is 13.0 Å². The number of hydrogen-bond donors (Lipinski definition) is 1. The second kappa shape index (κ2) is 5.89. The molecular weight excluding hydrogens is 306 g/mol. The third-order valence-electron chi connectivity index (χ3n) is 2.89. The van der Waals surface area contributed by atoms with E-state index >= 15 is 0 Å². The third kappa shape index (κ3) is 3.35. The number of carbonyl (C=O) groups excluding carboxylic acids is 1. The van der Waals surface area contributed by atoms with Gasteiger partial charge in [-0.15, -0.1) is 0 Å². The summed E-state index contributed by atoms with van der Waals surface area (Å²) in [6, 6.07) is 13.2. The molecule has 0 atom stereocenters. The van der Waals surface area contributed by atoms with E-state index in [2.05, 4.69) is 15.9 Å². The Kier molecular flexibility index (Phi) is 4.22. The van der Waals surface area contributed by atoms with Gasteiger partial charge in [0.25, 0.3) is 0 Å². The Morgan fingerprint density at radius 3 is 2.47 bits per heavy atom. The van der Waals surface area contributed by atoms with E-state index in [4.69, 9.17) is 10.5 Å². The van der Waals surface area contributed by atoms with Crippen LogP contribution in [0.1, 0.15) is 21.5 Å². The fourth-order valence-corrected chi connectivity index (χ4v) is 2.32. The summed E-state index contributed by atoms with van der Waals surface area (Å²) in [7, 11) is 1.63. The number of hydrogen-bond acceptors (Lipinski definition) is 2. The molecule has 0 fully saturated rings. The molecule has 0 saturated heterocycles. The summed E-state index contributed by atoms with van der Waals surface area (Å²) >= 11 is 3.41. The minimum absolute atomic E-state index is 0.406. The number of amides is 1. The number of ether oxygens (including phenoxy) is 1. The molecule has 19 heavy (non-hydrogen) atoms. The van der Waals surface area contributed by atoms with E-state index in [1.807, 2.05) is 36.4 Å². The predicted molar refractivity (Wildman–Crippen MR) is 78.5 cm³/mol. The maximum atomic E-state index is 11.4. The molecule has 1 amide bonds. The summed E-state index contributed by atoms with van der Waals surface area (Å²) in [5.74, 6) is 0.407. The van der Waals surface area contributed by atoms with E-state index in [1.165, 1.54) is 0 Å². The van der Waals surface area contributed by atoms with Crippen molar-refractivity contribution in [3.63, 3.8) is 0 Å². The Hall–Kier alpha value is -1.81. The van der Waals surface area contributed by atoms with Crippen molar-refractivity contribution in [2.75, 3.05) is 7.11 Å². The van der Waals surface area contributed by atoms with Crippen LogP contribution in [0.5, 0.6) is 5.75 Å². The first-order valence-electron chi connectivity index (χ1n) is 5.81. The number of halogens is 1. The maximum Gasteiger partial charge on any atom is 0.248 e. The van der Waals surface area contributed by atoms with Gasteiger partial charge in [0.15, 0.2) is 0 Å². The first kappa shape index (κ1) is 13.6. The summed E-state index contributed by atoms with van der Waals surface area (Å²) in [6.45, 7) is 0. The van der Waals surface area contributed by atoms with E-state index < -0.39 is 5.91 Å². The van der Waals surface area contributed by atoms with Crippen LogP contribution in [0.2, 0.25) is 0 Å². The molecule has 0 unspecified atom stereocenters. The summed E-state index contributed by atoms with van der Waals surface area (Å²) in [5, 5.41) is 0. The molecule has 0 heterocycles. The Morgan fingerprint density at radius 1 is 1.21 bits per heavy atom. The standard InChI is InChI=1S/C15H14BrNO2/c1-19-13-5-2-10(3-6-13)8-11-9-12(16)4-7-14(11)15(17)18/h2-7,9H,8H2,1H3,(H2,17,18). The number of nitrogens with two attached hydrogens (primary N) is 1. The van der Waals surface area contributed by atoms with E-state index in [0.717, 1.165) is 21.3 Å². The highest BCUT2D eigenvalue weighted by Gasteiger charge is 2.09. The Balaban J connectivity index is 2.31. The lowest BCUT2D eigenvalue weighted by molar-refractivity contribution is 0.0999. The first-order valence-corrected chi connectivity index (χ1v) is 6.60. The Morgan fingerprint density at radius 2 is 1.89 bits per heavy atom. The fraction of sp³-hybridized carbons (Fsp3) is 0.133. The van der Waals surface area contributed by atoms with Crippen molar-refractivity contribution in [1.29, 1.82) is 0 Å². The van der Waals surface area contributed by atoms with Gasteiger partial charge >= 0.3 is 0 Å². The van der Waals surface area contributed by atoms with Crippen molar-refractivity contribution in [3.8, 4) is 5.75 Å². The summed E-state index contributed by atoms with van der Waals surface area (Å²) in [6.07, 6.45) is 0.654. The molecule has 2 aromatic rings. The zero-order valence-corrected chi connectivity index (χ0v) is 12.1. The second-order valence-electron chi connectivity index (χ2n) is 4.19. The smallest absolute Gasteiger partial charge is 0.248 e. The van der Waals surface area contributed by atoms with Crippen molar-refractivity contribution in [1.82, 2.24) is 0 Å². The lowest BCUT2D eigenvalue weighted by Gasteiger charge is -2.08. The number of carbonyl (C=O) groups is 1. The molecule has 0 radical (unpaired) electrons. The van der Waals surface area contributed by atoms with Crippen LogP contribution in [0.25, 0.3) is 0 Å². The summed E-state index contributed by atoms with van der Waals surface area (Å²) < 4.78 is 6.05. The van der Waals surface area contributed by atoms with Gasteiger partial charge in [-0.05, 0) is 47.9 Å². The highest BCUT2D eigenvalue weighted by molar-refractivity contribution is 9.10. The molecule has 0 saturated carbocycles. The molecule has 98 valence electrons. The number of rotatable bonds is 4. The fourth-order valence-electron chi connectivity index (χ4n) is 1.91. The number of methoxy groups -OCH3 is 1. The maximum absolute atomic E-state index is 11.4. The average Bonchev–Trinajstić information content (AvgIpc) is 2.39. The summed E-state index contributed by atoms with van der Waals surface area (Å²) in [5.41, 5.74) is 7.95. The first-order chi connectivity index (χ1) is 9.10. The lowest BCUT2D eigenvalue weighted by atomic mass is 9.99. The SMILES string of the molecule is COc1ccc(Cc2cc(Br)ccc2C(N)=O)cc1. The second-order valence-corrected chi connectivity index (χ2v) is 5.11. The zero-order chi connectivity index (χ0) is 13.8. The monoisotopic (exact) mass is 319 g/mol.